The van der Waals surface area contributed by atoms with Gasteiger partial charge in [0.1, 0.15) is 5.69 Å². The highest BCUT2D eigenvalue weighted by molar-refractivity contribution is 6.06. The van der Waals surface area contributed by atoms with Gasteiger partial charge in [-0.15, -0.1) is 0 Å². The molecule has 1 saturated carbocycles. The molecular weight excluding hydrogens is 268 g/mol. The summed E-state index contributed by atoms with van der Waals surface area (Å²) < 4.78 is 0. The van der Waals surface area contributed by atoms with Crippen LogP contribution in [0.4, 0.5) is 10.5 Å². The second-order valence-corrected chi connectivity index (χ2v) is 5.47. The molecule has 110 valence electrons. The second-order valence-electron chi connectivity index (χ2n) is 5.47. The van der Waals surface area contributed by atoms with Gasteiger partial charge in [-0.05, 0) is 31.0 Å². The second kappa shape index (κ2) is 5.55. The molecule has 6 heteroatoms. The Labute approximate surface area is 122 Å². The van der Waals surface area contributed by atoms with Crippen molar-refractivity contribution >= 4 is 28.4 Å². The number of hydrogen-bond donors (Lipinski definition) is 3. The highest BCUT2D eigenvalue weighted by Gasteiger charge is 2.17. The number of rotatable bonds is 3. The van der Waals surface area contributed by atoms with E-state index >= 15 is 0 Å². The van der Waals surface area contributed by atoms with E-state index < -0.39 is 0 Å². The molecule has 3 N–H and O–H groups in total. The van der Waals surface area contributed by atoms with Crippen molar-refractivity contribution in [1.82, 2.24) is 15.5 Å². The Morgan fingerprint density at radius 3 is 2.76 bits per heavy atom. The Balaban J connectivity index is 1.75. The van der Waals surface area contributed by atoms with Crippen LogP contribution in [0.25, 0.3) is 10.9 Å². The van der Waals surface area contributed by atoms with E-state index in [0.717, 1.165) is 23.7 Å². The van der Waals surface area contributed by atoms with Gasteiger partial charge in [0.25, 0.3) is 0 Å². The first-order valence-electron chi connectivity index (χ1n) is 7.20. The molecule has 2 amide bonds. The molecule has 1 aliphatic rings. The Kier molecular flexibility index (Phi) is 3.60. The summed E-state index contributed by atoms with van der Waals surface area (Å²) in [7, 11) is 0. The van der Waals surface area contributed by atoms with Crippen molar-refractivity contribution < 1.29 is 9.59 Å². The minimum absolute atomic E-state index is 0.103. The van der Waals surface area contributed by atoms with Crippen molar-refractivity contribution in [3.63, 3.8) is 0 Å². The number of nitrogens with one attached hydrogen (secondary N) is 3. The van der Waals surface area contributed by atoms with Crippen LogP contribution in [0.3, 0.4) is 0 Å². The largest absolute Gasteiger partial charge is 0.335 e. The number of Topliss-reactive ketones (excluding diaryl/α,β-unsaturated/α-hetero) is 1. The van der Waals surface area contributed by atoms with Crippen LogP contribution in [0.1, 0.15) is 43.1 Å². The van der Waals surface area contributed by atoms with Gasteiger partial charge < -0.3 is 10.6 Å². The standard InChI is InChI=1S/C15H18N4O2/c1-9(20)14-12-8-11(6-7-13(12)18-19-14)17-15(21)16-10-4-2-3-5-10/h6-8,10H,2-5H2,1H3,(H,18,19)(H2,16,17,21). The molecule has 1 fully saturated rings. The van der Waals surface area contributed by atoms with E-state index in [1.54, 1.807) is 18.2 Å². The summed E-state index contributed by atoms with van der Waals surface area (Å²) in [4.78, 5) is 23.5. The zero-order valence-electron chi connectivity index (χ0n) is 11.9. The maximum atomic E-state index is 11.9. The fourth-order valence-corrected chi connectivity index (χ4v) is 2.78. The summed E-state index contributed by atoms with van der Waals surface area (Å²) in [5.41, 5.74) is 1.83. The van der Waals surface area contributed by atoms with Crippen LogP contribution in [0, 0.1) is 0 Å². The lowest BCUT2D eigenvalue weighted by atomic mass is 10.1. The van der Waals surface area contributed by atoms with Gasteiger partial charge in [-0.1, -0.05) is 12.8 Å². The predicted molar refractivity (Wildman–Crippen MR) is 80.5 cm³/mol. The van der Waals surface area contributed by atoms with Crippen molar-refractivity contribution in [1.29, 1.82) is 0 Å². The lowest BCUT2D eigenvalue weighted by Gasteiger charge is -2.13. The number of amides is 2. The predicted octanol–water partition coefficient (Wildman–Crippen LogP) is 2.83. The fourth-order valence-electron chi connectivity index (χ4n) is 2.78. The lowest BCUT2D eigenvalue weighted by molar-refractivity contribution is 0.101. The first-order valence-corrected chi connectivity index (χ1v) is 7.20. The van der Waals surface area contributed by atoms with Crippen LogP contribution in [-0.4, -0.2) is 28.1 Å². The van der Waals surface area contributed by atoms with Gasteiger partial charge >= 0.3 is 6.03 Å². The first-order chi connectivity index (χ1) is 10.1. The van der Waals surface area contributed by atoms with E-state index in [0.29, 0.717) is 11.4 Å². The minimum atomic E-state index is -0.200. The SMILES string of the molecule is CC(=O)c1n[nH]c2ccc(NC(=O)NC3CCCC3)cc12. The molecule has 0 atom stereocenters. The Bertz CT molecular complexity index is 686. The molecule has 1 aromatic carbocycles. The van der Waals surface area contributed by atoms with Gasteiger partial charge in [0.05, 0.1) is 5.52 Å². The van der Waals surface area contributed by atoms with Gasteiger partial charge in [0.15, 0.2) is 5.78 Å². The zero-order valence-corrected chi connectivity index (χ0v) is 11.9. The number of hydrogen-bond acceptors (Lipinski definition) is 3. The van der Waals surface area contributed by atoms with E-state index in [1.807, 2.05) is 0 Å². The van der Waals surface area contributed by atoms with Crippen LogP contribution in [0.2, 0.25) is 0 Å². The van der Waals surface area contributed by atoms with Gasteiger partial charge in [-0.25, -0.2) is 4.79 Å². The summed E-state index contributed by atoms with van der Waals surface area (Å²) >= 11 is 0. The number of urea groups is 1. The molecule has 0 spiro atoms. The molecule has 0 aliphatic heterocycles. The quantitative estimate of drug-likeness (QED) is 0.758. The molecule has 0 unspecified atom stereocenters. The Morgan fingerprint density at radius 1 is 1.29 bits per heavy atom. The van der Waals surface area contributed by atoms with E-state index in [9.17, 15) is 9.59 Å². The van der Waals surface area contributed by atoms with E-state index in [4.69, 9.17) is 0 Å². The zero-order chi connectivity index (χ0) is 14.8. The third-order valence-corrected chi connectivity index (χ3v) is 3.84. The highest BCUT2D eigenvalue weighted by atomic mass is 16.2. The molecule has 0 bridgehead atoms. The molecule has 21 heavy (non-hydrogen) atoms. The third kappa shape index (κ3) is 2.89. The van der Waals surface area contributed by atoms with Crippen molar-refractivity contribution in [3.05, 3.63) is 23.9 Å². The third-order valence-electron chi connectivity index (χ3n) is 3.84. The highest BCUT2D eigenvalue weighted by Crippen LogP contribution is 2.21. The number of carbonyl (C=O) groups is 2. The normalized spacial score (nSPS) is 15.3. The van der Waals surface area contributed by atoms with Gasteiger partial charge in [0.2, 0.25) is 0 Å². The first kappa shape index (κ1) is 13.6. The summed E-state index contributed by atoms with van der Waals surface area (Å²) in [5.74, 6) is -0.103. The maximum absolute atomic E-state index is 11.9. The molecule has 0 saturated heterocycles. The van der Waals surface area contributed by atoms with Crippen molar-refractivity contribution in [2.24, 2.45) is 0 Å². The fraction of sp³-hybridized carbons (Fsp3) is 0.400. The minimum Gasteiger partial charge on any atom is -0.335 e. The number of aromatic amines is 1. The number of fused-ring (bicyclic) bond motifs is 1. The molecule has 0 radical (unpaired) electrons. The monoisotopic (exact) mass is 286 g/mol. The molecule has 1 aromatic heterocycles. The van der Waals surface area contributed by atoms with Crippen molar-refractivity contribution in [2.75, 3.05) is 5.32 Å². The summed E-state index contributed by atoms with van der Waals surface area (Å²) in [6.07, 6.45) is 4.44. The number of anilines is 1. The number of aromatic nitrogens is 2. The topological polar surface area (TPSA) is 86.9 Å². The van der Waals surface area contributed by atoms with E-state index in [1.165, 1.54) is 19.8 Å². The van der Waals surface area contributed by atoms with Crippen LogP contribution >= 0.6 is 0 Å². The van der Waals surface area contributed by atoms with Gasteiger partial charge in [0, 0.05) is 24.0 Å². The Hall–Kier alpha value is -2.37. The summed E-state index contributed by atoms with van der Waals surface area (Å²) in [6, 6.07) is 5.44. The number of ketones is 1. The van der Waals surface area contributed by atoms with Gasteiger partial charge in [-0.2, -0.15) is 5.10 Å². The smallest absolute Gasteiger partial charge is 0.319 e. The Morgan fingerprint density at radius 2 is 2.05 bits per heavy atom. The number of carbonyl (C=O) groups excluding carboxylic acids is 2. The van der Waals surface area contributed by atoms with E-state index in [-0.39, 0.29) is 17.9 Å². The van der Waals surface area contributed by atoms with E-state index in [2.05, 4.69) is 20.8 Å². The van der Waals surface area contributed by atoms with Crippen molar-refractivity contribution in [3.8, 4) is 0 Å². The summed E-state index contributed by atoms with van der Waals surface area (Å²) in [5, 5.41) is 13.3. The molecule has 2 aromatic rings. The lowest BCUT2D eigenvalue weighted by Crippen LogP contribution is -2.36. The maximum Gasteiger partial charge on any atom is 0.319 e. The number of H-pyrrole nitrogens is 1. The molecule has 1 aliphatic carbocycles. The van der Waals surface area contributed by atoms with Crippen LogP contribution in [0.5, 0.6) is 0 Å². The van der Waals surface area contributed by atoms with Crippen molar-refractivity contribution in [2.45, 2.75) is 38.6 Å². The average Bonchev–Trinajstić information content (AvgIpc) is 3.06. The summed E-state index contributed by atoms with van der Waals surface area (Å²) in [6.45, 7) is 1.47. The molecular formula is C15H18N4O2. The molecule has 6 nitrogen and oxygen atoms in total. The average molecular weight is 286 g/mol. The number of benzene rings is 1. The molecule has 1 heterocycles. The van der Waals surface area contributed by atoms with Gasteiger partial charge in [-0.3, -0.25) is 9.89 Å². The van der Waals surface area contributed by atoms with Crippen LogP contribution < -0.4 is 10.6 Å². The molecule has 3 rings (SSSR count). The van der Waals surface area contributed by atoms with Crippen LogP contribution in [0.15, 0.2) is 18.2 Å². The van der Waals surface area contributed by atoms with Crippen LogP contribution in [-0.2, 0) is 0 Å². The number of nitrogens with zero attached hydrogens (tertiary/aromatic N) is 1.